The smallest absolute Gasteiger partial charge is 0.238 e. The van der Waals surface area contributed by atoms with Crippen LogP contribution >= 0.6 is 22.9 Å². The molecule has 0 radical (unpaired) electrons. The molecule has 1 aromatic heterocycles. The zero-order valence-electron chi connectivity index (χ0n) is 14.9. The SMILES string of the molecule is CN(CC(=O)Nc1ccc(CN2CCOCC2)cc1)Cc1ccc(Cl)s1. The van der Waals surface area contributed by atoms with Gasteiger partial charge in [0.1, 0.15) is 0 Å². The second-order valence-corrected chi connectivity index (χ2v) is 8.31. The molecule has 0 spiro atoms. The van der Waals surface area contributed by atoms with E-state index in [0.29, 0.717) is 13.1 Å². The van der Waals surface area contributed by atoms with Crippen molar-refractivity contribution in [1.82, 2.24) is 9.80 Å². The molecule has 3 rings (SSSR count). The quantitative estimate of drug-likeness (QED) is 0.783. The minimum atomic E-state index is -0.0175. The Morgan fingerprint density at radius 1 is 1.23 bits per heavy atom. The molecule has 7 heteroatoms. The zero-order valence-corrected chi connectivity index (χ0v) is 16.5. The van der Waals surface area contributed by atoms with Crippen LogP contribution in [0.4, 0.5) is 5.69 Å². The molecular weight excluding hydrogens is 370 g/mol. The van der Waals surface area contributed by atoms with E-state index in [4.69, 9.17) is 16.3 Å². The molecule has 1 saturated heterocycles. The van der Waals surface area contributed by atoms with E-state index in [2.05, 4.69) is 22.3 Å². The molecule has 1 aliphatic rings. The number of amides is 1. The van der Waals surface area contributed by atoms with Crippen molar-refractivity contribution in [1.29, 1.82) is 0 Å². The molecule has 0 atom stereocenters. The molecular formula is C19H24ClN3O2S. The van der Waals surface area contributed by atoms with Crippen molar-refractivity contribution in [2.75, 3.05) is 45.2 Å². The molecule has 1 fully saturated rings. The van der Waals surface area contributed by atoms with Crippen LogP contribution in [0.5, 0.6) is 0 Å². The molecule has 1 aromatic carbocycles. The van der Waals surface area contributed by atoms with Crippen LogP contribution in [0.15, 0.2) is 36.4 Å². The monoisotopic (exact) mass is 393 g/mol. The number of benzene rings is 1. The van der Waals surface area contributed by atoms with E-state index in [0.717, 1.165) is 47.7 Å². The van der Waals surface area contributed by atoms with Crippen molar-refractivity contribution >= 4 is 34.5 Å². The first-order valence-electron chi connectivity index (χ1n) is 8.70. The average Bonchev–Trinajstić information content (AvgIpc) is 3.02. The maximum Gasteiger partial charge on any atom is 0.238 e. The van der Waals surface area contributed by atoms with Crippen LogP contribution in [-0.2, 0) is 22.6 Å². The van der Waals surface area contributed by atoms with Gasteiger partial charge in [0.2, 0.25) is 5.91 Å². The van der Waals surface area contributed by atoms with E-state index >= 15 is 0 Å². The Morgan fingerprint density at radius 2 is 1.96 bits per heavy atom. The van der Waals surface area contributed by atoms with Crippen molar-refractivity contribution in [3.8, 4) is 0 Å². The highest BCUT2D eigenvalue weighted by atomic mass is 35.5. The fraction of sp³-hybridized carbons (Fsp3) is 0.421. The third kappa shape index (κ3) is 6.07. The maximum atomic E-state index is 12.2. The van der Waals surface area contributed by atoms with Gasteiger partial charge in [0, 0.05) is 36.7 Å². The summed E-state index contributed by atoms with van der Waals surface area (Å²) in [5.41, 5.74) is 2.07. The molecule has 2 aromatic rings. The first-order valence-corrected chi connectivity index (χ1v) is 9.89. The number of rotatable bonds is 7. The largest absolute Gasteiger partial charge is 0.379 e. The Bertz CT molecular complexity index is 714. The molecule has 1 aliphatic heterocycles. The molecule has 0 aliphatic carbocycles. The number of hydrogen-bond acceptors (Lipinski definition) is 5. The van der Waals surface area contributed by atoms with Crippen LogP contribution < -0.4 is 5.32 Å². The third-order valence-corrected chi connectivity index (χ3v) is 5.43. The van der Waals surface area contributed by atoms with Crippen LogP contribution in [0, 0.1) is 0 Å². The average molecular weight is 394 g/mol. The van der Waals surface area contributed by atoms with Gasteiger partial charge in [-0.25, -0.2) is 0 Å². The highest BCUT2D eigenvalue weighted by molar-refractivity contribution is 7.16. The lowest BCUT2D eigenvalue weighted by Crippen LogP contribution is -2.35. The highest BCUT2D eigenvalue weighted by Gasteiger charge is 2.11. The Hall–Kier alpha value is -1.44. The number of carbonyl (C=O) groups excluding carboxylic acids is 1. The summed E-state index contributed by atoms with van der Waals surface area (Å²) in [6.07, 6.45) is 0. The summed E-state index contributed by atoms with van der Waals surface area (Å²) >= 11 is 7.49. The number of hydrogen-bond donors (Lipinski definition) is 1. The lowest BCUT2D eigenvalue weighted by molar-refractivity contribution is -0.117. The van der Waals surface area contributed by atoms with E-state index in [-0.39, 0.29) is 5.91 Å². The summed E-state index contributed by atoms with van der Waals surface area (Å²) in [6, 6.07) is 12.0. The molecule has 1 amide bonds. The molecule has 2 heterocycles. The Morgan fingerprint density at radius 3 is 2.62 bits per heavy atom. The molecule has 0 unspecified atom stereocenters. The predicted octanol–water partition coefficient (Wildman–Crippen LogP) is 3.30. The molecule has 1 N–H and O–H groups in total. The van der Waals surface area contributed by atoms with Gasteiger partial charge in [-0.1, -0.05) is 23.7 Å². The van der Waals surface area contributed by atoms with Crippen molar-refractivity contribution < 1.29 is 9.53 Å². The van der Waals surface area contributed by atoms with Gasteiger partial charge in [0.25, 0.3) is 0 Å². The van der Waals surface area contributed by atoms with E-state index in [1.165, 1.54) is 5.56 Å². The number of anilines is 1. The number of likely N-dealkylation sites (N-methyl/N-ethyl adjacent to an activating group) is 1. The predicted molar refractivity (Wildman–Crippen MR) is 107 cm³/mol. The number of morpholine rings is 1. The number of thiophene rings is 1. The number of carbonyl (C=O) groups is 1. The minimum Gasteiger partial charge on any atom is -0.379 e. The fourth-order valence-electron chi connectivity index (χ4n) is 2.92. The van der Waals surface area contributed by atoms with Gasteiger partial charge in [-0.3, -0.25) is 14.6 Å². The van der Waals surface area contributed by atoms with Gasteiger partial charge in [0.15, 0.2) is 0 Å². The molecule has 140 valence electrons. The van der Waals surface area contributed by atoms with Gasteiger partial charge in [-0.2, -0.15) is 0 Å². The lowest BCUT2D eigenvalue weighted by Gasteiger charge is -2.26. The number of ether oxygens (including phenoxy) is 1. The summed E-state index contributed by atoms with van der Waals surface area (Å²) in [5.74, 6) is -0.0175. The summed E-state index contributed by atoms with van der Waals surface area (Å²) in [6.45, 7) is 5.53. The number of nitrogens with one attached hydrogen (secondary N) is 1. The Kier molecular flexibility index (Phi) is 7.05. The first kappa shape index (κ1) is 19.3. The van der Waals surface area contributed by atoms with Crippen LogP contribution in [0.2, 0.25) is 4.34 Å². The topological polar surface area (TPSA) is 44.8 Å². The van der Waals surface area contributed by atoms with Gasteiger partial charge in [-0.05, 0) is 36.9 Å². The second-order valence-electron chi connectivity index (χ2n) is 6.51. The van der Waals surface area contributed by atoms with Gasteiger partial charge in [0.05, 0.1) is 24.1 Å². The maximum absolute atomic E-state index is 12.2. The summed E-state index contributed by atoms with van der Waals surface area (Å²) in [7, 11) is 1.93. The Labute approximate surface area is 163 Å². The van der Waals surface area contributed by atoms with E-state index in [1.807, 2.05) is 36.2 Å². The van der Waals surface area contributed by atoms with Crippen molar-refractivity contribution in [2.24, 2.45) is 0 Å². The van der Waals surface area contributed by atoms with Crippen LogP contribution in [0.1, 0.15) is 10.4 Å². The lowest BCUT2D eigenvalue weighted by atomic mass is 10.2. The van der Waals surface area contributed by atoms with Crippen LogP contribution in [0.3, 0.4) is 0 Å². The molecule has 5 nitrogen and oxygen atoms in total. The summed E-state index contributed by atoms with van der Waals surface area (Å²) < 4.78 is 6.14. The van der Waals surface area contributed by atoms with Crippen LogP contribution in [-0.4, -0.2) is 55.6 Å². The summed E-state index contributed by atoms with van der Waals surface area (Å²) in [5, 5.41) is 2.96. The van der Waals surface area contributed by atoms with Crippen molar-refractivity contribution in [3.63, 3.8) is 0 Å². The number of nitrogens with zero attached hydrogens (tertiary/aromatic N) is 2. The minimum absolute atomic E-state index is 0.0175. The highest BCUT2D eigenvalue weighted by Crippen LogP contribution is 2.22. The summed E-state index contributed by atoms with van der Waals surface area (Å²) in [4.78, 5) is 17.7. The van der Waals surface area contributed by atoms with Gasteiger partial charge >= 0.3 is 0 Å². The van der Waals surface area contributed by atoms with Gasteiger partial charge < -0.3 is 10.1 Å². The van der Waals surface area contributed by atoms with Crippen molar-refractivity contribution in [3.05, 3.63) is 51.2 Å². The van der Waals surface area contributed by atoms with Crippen molar-refractivity contribution in [2.45, 2.75) is 13.1 Å². The third-order valence-electron chi connectivity index (χ3n) is 4.22. The second kappa shape index (κ2) is 9.48. The van der Waals surface area contributed by atoms with E-state index in [1.54, 1.807) is 11.3 Å². The standard InChI is InChI=1S/C19H24ClN3O2S/c1-22(13-17-6-7-18(20)26-17)14-19(24)21-16-4-2-15(3-5-16)12-23-8-10-25-11-9-23/h2-7H,8-14H2,1H3,(H,21,24). The fourth-order valence-corrected chi connectivity index (χ4v) is 4.08. The Balaban J connectivity index is 1.44. The normalized spacial score (nSPS) is 15.3. The molecule has 0 bridgehead atoms. The van der Waals surface area contributed by atoms with Gasteiger partial charge in [-0.15, -0.1) is 11.3 Å². The first-order chi connectivity index (χ1) is 12.6. The molecule has 0 saturated carbocycles. The van der Waals surface area contributed by atoms with E-state index < -0.39 is 0 Å². The number of halogens is 1. The molecule has 26 heavy (non-hydrogen) atoms. The van der Waals surface area contributed by atoms with Crippen LogP contribution in [0.25, 0.3) is 0 Å². The van der Waals surface area contributed by atoms with E-state index in [9.17, 15) is 4.79 Å². The zero-order chi connectivity index (χ0) is 18.4.